The van der Waals surface area contributed by atoms with E-state index in [0.29, 0.717) is 23.7 Å². The molecule has 0 radical (unpaired) electrons. The van der Waals surface area contributed by atoms with Crippen molar-refractivity contribution in [2.75, 3.05) is 6.54 Å². The molecule has 0 unspecified atom stereocenters. The van der Waals surface area contributed by atoms with E-state index in [1.54, 1.807) is 29.5 Å². The Morgan fingerprint density at radius 2 is 2.14 bits per heavy atom. The summed E-state index contributed by atoms with van der Waals surface area (Å²) in [7, 11) is -3.51. The van der Waals surface area contributed by atoms with E-state index >= 15 is 0 Å². The third-order valence-electron chi connectivity index (χ3n) is 3.65. The van der Waals surface area contributed by atoms with Gasteiger partial charge in [-0.1, -0.05) is 11.6 Å². The average Bonchev–Trinajstić information content (AvgIpc) is 2.94. The second-order valence-electron chi connectivity index (χ2n) is 4.91. The van der Waals surface area contributed by atoms with Crippen LogP contribution in [0, 0.1) is 0 Å². The van der Waals surface area contributed by atoms with Crippen LogP contribution in [0.3, 0.4) is 0 Å². The van der Waals surface area contributed by atoms with Crippen molar-refractivity contribution in [2.24, 2.45) is 5.73 Å². The number of benzene rings is 1. The van der Waals surface area contributed by atoms with Crippen LogP contribution in [0.4, 0.5) is 0 Å². The number of thiophene rings is 1. The third kappa shape index (κ3) is 2.74. The molecule has 0 spiro atoms. The number of hydrogen-bond acceptors (Lipinski definition) is 4. The smallest absolute Gasteiger partial charge is 0.243 e. The highest BCUT2D eigenvalue weighted by Gasteiger charge is 2.29. The lowest BCUT2D eigenvalue weighted by molar-refractivity contribution is 0.394. The first kappa shape index (κ1) is 15.0. The molecular weight excluding hydrogens is 328 g/mol. The van der Waals surface area contributed by atoms with Gasteiger partial charge in [-0.05, 0) is 47.2 Å². The second kappa shape index (κ2) is 5.70. The van der Waals surface area contributed by atoms with Gasteiger partial charge in [0.25, 0.3) is 0 Å². The summed E-state index contributed by atoms with van der Waals surface area (Å²) >= 11 is 7.68. The number of nitrogens with two attached hydrogens (primary N) is 1. The molecule has 0 fully saturated rings. The summed E-state index contributed by atoms with van der Waals surface area (Å²) in [6, 6.07) is 6.70. The van der Waals surface area contributed by atoms with Crippen molar-refractivity contribution in [1.29, 1.82) is 0 Å². The van der Waals surface area contributed by atoms with Crippen LogP contribution in [0.1, 0.15) is 16.0 Å². The first-order valence-electron chi connectivity index (χ1n) is 6.56. The first-order valence-corrected chi connectivity index (χ1v) is 9.26. The van der Waals surface area contributed by atoms with Gasteiger partial charge in [-0.2, -0.15) is 4.31 Å². The molecular formula is C14H15ClN2O2S2. The van der Waals surface area contributed by atoms with E-state index in [1.165, 1.54) is 9.18 Å². The van der Waals surface area contributed by atoms with Crippen molar-refractivity contribution < 1.29 is 8.42 Å². The normalized spacial score (nSPS) is 15.9. The monoisotopic (exact) mass is 342 g/mol. The van der Waals surface area contributed by atoms with Crippen molar-refractivity contribution >= 4 is 33.0 Å². The average molecular weight is 343 g/mol. The van der Waals surface area contributed by atoms with Crippen molar-refractivity contribution in [3.8, 4) is 0 Å². The minimum absolute atomic E-state index is 0.219. The highest BCUT2D eigenvalue weighted by Crippen LogP contribution is 2.29. The van der Waals surface area contributed by atoms with Gasteiger partial charge in [-0.15, -0.1) is 11.3 Å². The molecule has 0 bridgehead atoms. The van der Waals surface area contributed by atoms with E-state index in [2.05, 4.69) is 0 Å². The van der Waals surface area contributed by atoms with E-state index in [0.717, 1.165) is 12.0 Å². The summed E-state index contributed by atoms with van der Waals surface area (Å²) < 4.78 is 27.0. The molecule has 2 N–H and O–H groups in total. The molecule has 4 nitrogen and oxygen atoms in total. The number of fused-ring (bicyclic) bond motifs is 1. The molecule has 0 atom stereocenters. The summed E-state index contributed by atoms with van der Waals surface area (Å²) in [5, 5.41) is 2.51. The number of nitrogens with zero attached hydrogens (tertiary/aromatic N) is 1. The van der Waals surface area contributed by atoms with Gasteiger partial charge in [-0.25, -0.2) is 8.42 Å². The molecule has 0 amide bonds. The second-order valence-corrected chi connectivity index (χ2v) is 8.26. The lowest BCUT2D eigenvalue weighted by atomic mass is 10.1. The number of halogens is 1. The van der Waals surface area contributed by atoms with Crippen LogP contribution in [-0.4, -0.2) is 19.3 Å². The predicted molar refractivity (Wildman–Crippen MR) is 85.0 cm³/mol. The summed E-state index contributed by atoms with van der Waals surface area (Å²) in [5.74, 6) is 0. The Bertz CT molecular complexity index is 771. The van der Waals surface area contributed by atoms with Crippen LogP contribution < -0.4 is 5.73 Å². The molecule has 1 aliphatic rings. The molecule has 0 saturated heterocycles. The van der Waals surface area contributed by atoms with E-state index < -0.39 is 10.0 Å². The summed E-state index contributed by atoms with van der Waals surface area (Å²) in [6.45, 7) is 1.16. The zero-order chi connectivity index (χ0) is 15.0. The molecule has 112 valence electrons. The molecule has 0 aliphatic carbocycles. The Hall–Kier alpha value is -0.920. The fourth-order valence-electron chi connectivity index (χ4n) is 2.44. The van der Waals surface area contributed by atoms with Gasteiger partial charge in [0.15, 0.2) is 0 Å². The summed E-state index contributed by atoms with van der Waals surface area (Å²) in [6.07, 6.45) is 0.767. The number of hydrogen-bond donors (Lipinski definition) is 1. The van der Waals surface area contributed by atoms with Crippen molar-refractivity contribution in [3.63, 3.8) is 0 Å². The van der Waals surface area contributed by atoms with E-state index in [1.807, 2.05) is 11.4 Å². The third-order valence-corrected chi connectivity index (χ3v) is 6.88. The van der Waals surface area contributed by atoms with Crippen molar-refractivity contribution in [3.05, 3.63) is 50.7 Å². The Morgan fingerprint density at radius 3 is 2.90 bits per heavy atom. The lowest BCUT2D eigenvalue weighted by Crippen LogP contribution is -2.35. The van der Waals surface area contributed by atoms with Gasteiger partial charge in [0, 0.05) is 29.5 Å². The number of rotatable bonds is 3. The molecule has 7 heteroatoms. The molecule has 3 rings (SSSR count). The Labute approximate surface area is 133 Å². The Kier molecular flexibility index (Phi) is 4.07. The largest absolute Gasteiger partial charge is 0.326 e. The van der Waals surface area contributed by atoms with Gasteiger partial charge < -0.3 is 5.73 Å². The maximum Gasteiger partial charge on any atom is 0.243 e. The lowest BCUT2D eigenvalue weighted by Gasteiger charge is -2.26. The molecule has 21 heavy (non-hydrogen) atoms. The van der Waals surface area contributed by atoms with E-state index in [9.17, 15) is 8.42 Å². The standard InChI is InChI=1S/C14H15ClN2O2S2/c15-13-2-1-12(7-11(13)8-16)21(18,19)17-5-3-14-10(9-17)4-6-20-14/h1-2,4,6-7H,3,5,8-9,16H2. The maximum absolute atomic E-state index is 12.7. The number of sulfonamides is 1. The van der Waals surface area contributed by atoms with Gasteiger partial charge >= 0.3 is 0 Å². The van der Waals surface area contributed by atoms with Crippen molar-refractivity contribution in [2.45, 2.75) is 24.4 Å². The van der Waals surface area contributed by atoms with Gasteiger partial charge in [0.1, 0.15) is 0 Å². The molecule has 1 aromatic carbocycles. The van der Waals surface area contributed by atoms with Crippen LogP contribution in [0.5, 0.6) is 0 Å². The molecule has 0 saturated carbocycles. The first-order chi connectivity index (χ1) is 10.0. The molecule has 1 aliphatic heterocycles. The molecule has 2 heterocycles. The van der Waals surface area contributed by atoms with E-state index in [-0.39, 0.29) is 11.4 Å². The summed E-state index contributed by atoms with van der Waals surface area (Å²) in [5.41, 5.74) is 7.34. The maximum atomic E-state index is 12.7. The van der Waals surface area contributed by atoms with Crippen LogP contribution in [0.25, 0.3) is 0 Å². The van der Waals surface area contributed by atoms with Crippen molar-refractivity contribution in [1.82, 2.24) is 4.31 Å². The van der Waals surface area contributed by atoms with Gasteiger partial charge in [0.05, 0.1) is 4.90 Å². The zero-order valence-electron chi connectivity index (χ0n) is 11.3. The quantitative estimate of drug-likeness (QED) is 0.932. The molecule has 2 aromatic rings. The highest BCUT2D eigenvalue weighted by atomic mass is 35.5. The van der Waals surface area contributed by atoms with Crippen LogP contribution in [0.2, 0.25) is 5.02 Å². The predicted octanol–water partition coefficient (Wildman–Crippen LogP) is 2.61. The topological polar surface area (TPSA) is 63.4 Å². The SMILES string of the molecule is NCc1cc(S(=O)(=O)N2CCc3sccc3C2)ccc1Cl. The van der Waals surface area contributed by atoms with E-state index in [4.69, 9.17) is 17.3 Å². The van der Waals surface area contributed by atoms with Gasteiger partial charge in [-0.3, -0.25) is 0 Å². The Balaban J connectivity index is 1.94. The summed E-state index contributed by atoms with van der Waals surface area (Å²) in [4.78, 5) is 1.53. The minimum Gasteiger partial charge on any atom is -0.326 e. The Morgan fingerprint density at radius 1 is 1.33 bits per heavy atom. The zero-order valence-corrected chi connectivity index (χ0v) is 13.6. The fourth-order valence-corrected chi connectivity index (χ4v) is 5.00. The fraction of sp³-hybridized carbons (Fsp3) is 0.286. The highest BCUT2D eigenvalue weighted by molar-refractivity contribution is 7.89. The van der Waals surface area contributed by atoms with Crippen LogP contribution in [0.15, 0.2) is 34.5 Å². The minimum atomic E-state index is -3.51. The van der Waals surface area contributed by atoms with Crippen LogP contribution >= 0.6 is 22.9 Å². The molecule has 1 aromatic heterocycles. The van der Waals surface area contributed by atoms with Gasteiger partial charge in [0.2, 0.25) is 10.0 Å². The van der Waals surface area contributed by atoms with Crippen LogP contribution in [-0.2, 0) is 29.5 Å².